The van der Waals surface area contributed by atoms with Gasteiger partial charge in [-0.3, -0.25) is 4.79 Å². The van der Waals surface area contributed by atoms with Crippen molar-refractivity contribution in [2.75, 3.05) is 17.2 Å². The van der Waals surface area contributed by atoms with Crippen LogP contribution in [0.2, 0.25) is 5.02 Å². The maximum atomic E-state index is 13.0. The summed E-state index contributed by atoms with van der Waals surface area (Å²) >= 11 is 7.07. The molecule has 0 radical (unpaired) electrons. The molecule has 0 fully saturated rings. The van der Waals surface area contributed by atoms with Gasteiger partial charge in [-0.05, 0) is 25.1 Å². The number of hydrogen-bond acceptors (Lipinski definition) is 6. The second-order valence-corrected chi connectivity index (χ2v) is 6.13. The van der Waals surface area contributed by atoms with Crippen LogP contribution in [0, 0.1) is 5.82 Å². The summed E-state index contributed by atoms with van der Waals surface area (Å²) in [7, 11) is 0. The highest BCUT2D eigenvalue weighted by Crippen LogP contribution is 2.23. The van der Waals surface area contributed by atoms with Crippen LogP contribution in [0.1, 0.15) is 17.4 Å². The van der Waals surface area contributed by atoms with Crippen LogP contribution in [-0.2, 0) is 9.53 Å². The van der Waals surface area contributed by atoms with E-state index in [9.17, 15) is 14.0 Å². The van der Waals surface area contributed by atoms with Gasteiger partial charge in [-0.1, -0.05) is 17.7 Å². The molecule has 0 aliphatic carbocycles. The zero-order chi connectivity index (χ0) is 18.4. The minimum Gasteiger partial charge on any atom is -0.448 e. The lowest BCUT2D eigenvalue weighted by atomic mass is 10.3. The number of nitrogens with zero attached hydrogens (tertiary/aromatic N) is 1. The summed E-state index contributed by atoms with van der Waals surface area (Å²) in [5.41, 5.74) is 0.316. The third-order valence-corrected chi connectivity index (χ3v) is 4.07. The number of ether oxygens (including phenoxy) is 1. The van der Waals surface area contributed by atoms with Crippen LogP contribution < -0.4 is 10.6 Å². The Morgan fingerprint density at radius 2 is 2.28 bits per heavy atom. The minimum atomic E-state index is -1.08. The van der Waals surface area contributed by atoms with Gasteiger partial charge < -0.3 is 15.4 Å². The fraction of sp³-hybridized carbons (Fsp3) is 0.188. The molecule has 0 aliphatic rings. The topological polar surface area (TPSA) is 80.3 Å². The van der Waals surface area contributed by atoms with Crippen molar-refractivity contribution in [3.63, 3.8) is 0 Å². The Bertz CT molecular complexity index is 797. The number of carbonyl (C=O) groups is 2. The zero-order valence-electron chi connectivity index (χ0n) is 13.2. The zero-order valence-corrected chi connectivity index (χ0v) is 14.8. The first-order chi connectivity index (χ1) is 11.9. The quantitative estimate of drug-likeness (QED) is 0.562. The van der Waals surface area contributed by atoms with Crippen LogP contribution in [0.5, 0.6) is 0 Å². The maximum absolute atomic E-state index is 13.0. The minimum absolute atomic E-state index is 0.0457. The van der Waals surface area contributed by atoms with Gasteiger partial charge in [0.1, 0.15) is 5.82 Å². The number of amides is 1. The lowest BCUT2D eigenvalue weighted by molar-refractivity contribution is -0.123. The summed E-state index contributed by atoms with van der Waals surface area (Å²) in [5, 5.41) is 7.53. The van der Waals surface area contributed by atoms with Gasteiger partial charge in [0, 0.05) is 11.9 Å². The average Bonchev–Trinajstić information content (AvgIpc) is 3.04. The van der Waals surface area contributed by atoms with Crippen molar-refractivity contribution in [3.8, 4) is 0 Å². The van der Waals surface area contributed by atoms with Crippen molar-refractivity contribution in [2.45, 2.75) is 13.0 Å². The van der Waals surface area contributed by atoms with Crippen LogP contribution in [0.15, 0.2) is 36.2 Å². The molecule has 1 aromatic carbocycles. The standard InChI is InChI=1S/C16H15ClFN3O3S/c1-3-6-19-16-21-13(8-25-16)15(23)24-9(2)14(22)20-12-5-4-10(18)7-11(12)17/h3-5,7-9H,1,6H2,2H3,(H,19,21)(H,20,22)/t9-/m0/s1. The number of carbonyl (C=O) groups excluding carboxylic acids is 2. The van der Waals surface area contributed by atoms with Gasteiger partial charge in [0.25, 0.3) is 5.91 Å². The third-order valence-electron chi connectivity index (χ3n) is 2.95. The SMILES string of the molecule is C=CCNc1nc(C(=O)O[C@@H](C)C(=O)Nc2ccc(F)cc2Cl)cs1. The Hall–Kier alpha value is -2.45. The molecular formula is C16H15ClFN3O3S. The predicted molar refractivity (Wildman–Crippen MR) is 95.7 cm³/mol. The van der Waals surface area contributed by atoms with Gasteiger partial charge in [-0.2, -0.15) is 0 Å². The van der Waals surface area contributed by atoms with E-state index in [2.05, 4.69) is 22.2 Å². The van der Waals surface area contributed by atoms with E-state index in [-0.39, 0.29) is 16.4 Å². The van der Waals surface area contributed by atoms with Crippen molar-refractivity contribution in [2.24, 2.45) is 0 Å². The smallest absolute Gasteiger partial charge is 0.358 e. The third kappa shape index (κ3) is 5.27. The van der Waals surface area contributed by atoms with Crippen molar-refractivity contribution < 1.29 is 18.7 Å². The first kappa shape index (κ1) is 18.9. The van der Waals surface area contributed by atoms with Crippen molar-refractivity contribution >= 4 is 45.6 Å². The van der Waals surface area contributed by atoms with Crippen LogP contribution >= 0.6 is 22.9 Å². The molecule has 0 bridgehead atoms. The Balaban J connectivity index is 1.94. The molecule has 0 saturated carbocycles. The number of aromatic nitrogens is 1. The number of hydrogen-bond donors (Lipinski definition) is 2. The number of esters is 1. The summed E-state index contributed by atoms with van der Waals surface area (Å²) in [6.07, 6.45) is 0.576. The Labute approximate surface area is 152 Å². The summed E-state index contributed by atoms with van der Waals surface area (Å²) in [4.78, 5) is 28.2. The molecule has 1 heterocycles. The average molecular weight is 384 g/mol. The van der Waals surface area contributed by atoms with E-state index in [1.807, 2.05) is 0 Å². The van der Waals surface area contributed by atoms with E-state index in [0.717, 1.165) is 12.1 Å². The molecule has 0 saturated heterocycles. The van der Waals surface area contributed by atoms with Gasteiger partial charge in [0.15, 0.2) is 16.9 Å². The summed E-state index contributed by atoms with van der Waals surface area (Å²) in [5.74, 6) is -1.84. The van der Waals surface area contributed by atoms with Gasteiger partial charge in [-0.25, -0.2) is 14.2 Å². The molecule has 6 nitrogen and oxygen atoms in total. The van der Waals surface area contributed by atoms with E-state index in [1.54, 1.807) is 6.08 Å². The first-order valence-electron chi connectivity index (χ1n) is 7.18. The number of anilines is 2. The molecule has 0 aliphatic heterocycles. The molecule has 132 valence electrons. The highest BCUT2D eigenvalue weighted by atomic mass is 35.5. The van der Waals surface area contributed by atoms with Crippen LogP contribution in [0.3, 0.4) is 0 Å². The molecule has 1 atom stereocenters. The molecule has 1 amide bonds. The van der Waals surface area contributed by atoms with Crippen molar-refractivity contribution in [1.82, 2.24) is 4.98 Å². The van der Waals surface area contributed by atoms with Crippen LogP contribution in [0.4, 0.5) is 15.2 Å². The van der Waals surface area contributed by atoms with Crippen molar-refractivity contribution in [1.29, 1.82) is 0 Å². The second-order valence-electron chi connectivity index (χ2n) is 4.87. The highest BCUT2D eigenvalue weighted by Gasteiger charge is 2.21. The fourth-order valence-electron chi connectivity index (χ4n) is 1.71. The largest absolute Gasteiger partial charge is 0.448 e. The van der Waals surface area contributed by atoms with E-state index >= 15 is 0 Å². The van der Waals surface area contributed by atoms with Gasteiger partial charge in [0.05, 0.1) is 10.7 Å². The number of thiazole rings is 1. The lowest BCUT2D eigenvalue weighted by Gasteiger charge is -2.13. The highest BCUT2D eigenvalue weighted by molar-refractivity contribution is 7.13. The number of halogens is 2. The summed E-state index contributed by atoms with van der Waals surface area (Å²) in [6.45, 7) is 5.49. The molecule has 1 aromatic heterocycles. The molecule has 9 heteroatoms. The maximum Gasteiger partial charge on any atom is 0.358 e. The van der Waals surface area contributed by atoms with Gasteiger partial charge in [0.2, 0.25) is 0 Å². The molecular weight excluding hydrogens is 369 g/mol. The molecule has 25 heavy (non-hydrogen) atoms. The number of nitrogens with one attached hydrogen (secondary N) is 2. The summed E-state index contributed by atoms with van der Waals surface area (Å²) < 4.78 is 18.1. The van der Waals surface area contributed by atoms with E-state index in [4.69, 9.17) is 16.3 Å². The van der Waals surface area contributed by atoms with E-state index in [0.29, 0.717) is 11.7 Å². The molecule has 2 rings (SSSR count). The van der Waals surface area contributed by atoms with Gasteiger partial charge >= 0.3 is 5.97 Å². The monoisotopic (exact) mass is 383 g/mol. The second kappa shape index (κ2) is 8.59. The molecule has 0 unspecified atom stereocenters. The number of benzene rings is 1. The Morgan fingerprint density at radius 1 is 1.52 bits per heavy atom. The van der Waals surface area contributed by atoms with Crippen molar-refractivity contribution in [3.05, 3.63) is 52.8 Å². The lowest BCUT2D eigenvalue weighted by Crippen LogP contribution is -2.30. The Kier molecular flexibility index (Phi) is 6.49. The number of rotatable bonds is 7. The van der Waals surface area contributed by atoms with E-state index < -0.39 is 23.8 Å². The molecule has 2 N–H and O–H groups in total. The predicted octanol–water partition coefficient (Wildman–Crippen LogP) is 3.72. The van der Waals surface area contributed by atoms with E-state index in [1.165, 1.54) is 29.7 Å². The Morgan fingerprint density at radius 3 is 2.96 bits per heavy atom. The van der Waals surface area contributed by atoms with Crippen LogP contribution in [-0.4, -0.2) is 29.5 Å². The van der Waals surface area contributed by atoms with Crippen LogP contribution in [0.25, 0.3) is 0 Å². The first-order valence-corrected chi connectivity index (χ1v) is 8.43. The molecule has 0 spiro atoms. The summed E-state index contributed by atoms with van der Waals surface area (Å²) in [6, 6.07) is 3.55. The molecule has 2 aromatic rings. The normalized spacial score (nSPS) is 11.5. The van der Waals surface area contributed by atoms with Gasteiger partial charge in [-0.15, -0.1) is 17.9 Å². The fourth-order valence-corrected chi connectivity index (χ4v) is 2.61.